The molecular weight excluding hydrogens is 214 g/mol. The number of phenolic OH excluding ortho intramolecular Hbond substituents is 1. The highest BCUT2D eigenvalue weighted by Gasteiger charge is 2.30. The van der Waals surface area contributed by atoms with Gasteiger partial charge in [0.2, 0.25) is 0 Å². The Morgan fingerprint density at radius 2 is 1.87 bits per heavy atom. The fourth-order valence-corrected chi connectivity index (χ4v) is 3.09. The van der Waals surface area contributed by atoms with E-state index in [0.29, 0.717) is 13.1 Å². The van der Waals surface area contributed by atoms with E-state index in [2.05, 4.69) is 5.32 Å². The van der Waals surface area contributed by atoms with Gasteiger partial charge in [0.25, 0.3) is 0 Å². The van der Waals surface area contributed by atoms with Crippen LogP contribution in [0.5, 0.6) is 5.75 Å². The van der Waals surface area contributed by atoms with E-state index in [9.17, 15) is 8.42 Å². The number of hydrogen-bond acceptors (Lipinski definition) is 4. The van der Waals surface area contributed by atoms with Gasteiger partial charge >= 0.3 is 0 Å². The monoisotopic (exact) mass is 227 g/mol. The molecule has 15 heavy (non-hydrogen) atoms. The molecule has 1 saturated heterocycles. The summed E-state index contributed by atoms with van der Waals surface area (Å²) in [4.78, 5) is 0. The van der Waals surface area contributed by atoms with Crippen molar-refractivity contribution in [2.75, 3.05) is 13.1 Å². The Morgan fingerprint density at radius 3 is 2.33 bits per heavy atom. The molecule has 82 valence electrons. The molecule has 2 N–H and O–H groups in total. The molecule has 1 heterocycles. The van der Waals surface area contributed by atoms with Crippen molar-refractivity contribution in [1.82, 2.24) is 5.32 Å². The summed E-state index contributed by atoms with van der Waals surface area (Å²) in [7, 11) is -3.03. The van der Waals surface area contributed by atoms with Crippen LogP contribution < -0.4 is 5.32 Å². The summed E-state index contributed by atoms with van der Waals surface area (Å²) < 4.78 is 23.5. The van der Waals surface area contributed by atoms with E-state index in [1.165, 1.54) is 12.1 Å². The molecule has 0 radical (unpaired) electrons. The molecule has 1 fully saturated rings. The summed E-state index contributed by atoms with van der Waals surface area (Å²) in [5, 5.41) is 11.8. The standard InChI is InChI=1S/C10H13NO3S/c12-9-3-1-8(2-4-9)7-15(13,14)10-5-11-6-10/h1-4,10-12H,5-7H2. The predicted octanol–water partition coefficient (Wildman–Crippen LogP) is 0.279. The van der Waals surface area contributed by atoms with Gasteiger partial charge in [-0.15, -0.1) is 0 Å². The van der Waals surface area contributed by atoms with Gasteiger partial charge in [0.15, 0.2) is 9.84 Å². The molecule has 2 rings (SSSR count). The van der Waals surface area contributed by atoms with Crippen molar-refractivity contribution in [3.8, 4) is 5.75 Å². The second-order valence-corrected chi connectivity index (χ2v) is 6.03. The zero-order chi connectivity index (χ0) is 10.9. The Hall–Kier alpha value is -1.07. The normalized spacial score (nSPS) is 17.3. The van der Waals surface area contributed by atoms with Gasteiger partial charge in [-0.3, -0.25) is 0 Å². The van der Waals surface area contributed by atoms with E-state index in [0.717, 1.165) is 5.56 Å². The second kappa shape index (κ2) is 3.83. The zero-order valence-electron chi connectivity index (χ0n) is 8.18. The predicted molar refractivity (Wildman–Crippen MR) is 57.4 cm³/mol. The van der Waals surface area contributed by atoms with Crippen LogP contribution in [0.2, 0.25) is 0 Å². The molecular formula is C10H13NO3S. The molecule has 0 bridgehead atoms. The van der Waals surface area contributed by atoms with Crippen molar-refractivity contribution in [3.63, 3.8) is 0 Å². The van der Waals surface area contributed by atoms with Crippen molar-refractivity contribution < 1.29 is 13.5 Å². The van der Waals surface area contributed by atoms with Gasteiger partial charge in [-0.05, 0) is 17.7 Å². The van der Waals surface area contributed by atoms with Crippen LogP contribution in [0.3, 0.4) is 0 Å². The number of nitrogens with one attached hydrogen (secondary N) is 1. The van der Waals surface area contributed by atoms with Crippen molar-refractivity contribution in [3.05, 3.63) is 29.8 Å². The third-order valence-corrected chi connectivity index (χ3v) is 4.64. The van der Waals surface area contributed by atoms with E-state index in [1.807, 2.05) is 0 Å². The smallest absolute Gasteiger partial charge is 0.159 e. The molecule has 0 atom stereocenters. The SMILES string of the molecule is O=S(=O)(Cc1ccc(O)cc1)C1CNC1. The third kappa shape index (κ3) is 2.30. The number of phenols is 1. The molecule has 0 aliphatic carbocycles. The van der Waals surface area contributed by atoms with Crippen LogP contribution in [0.4, 0.5) is 0 Å². The van der Waals surface area contributed by atoms with Crippen molar-refractivity contribution >= 4 is 9.84 Å². The third-order valence-electron chi connectivity index (χ3n) is 2.56. The Balaban J connectivity index is 2.11. The summed E-state index contributed by atoms with van der Waals surface area (Å²) in [6.07, 6.45) is 0. The number of benzene rings is 1. The first-order chi connectivity index (χ1) is 7.08. The van der Waals surface area contributed by atoms with Crippen LogP contribution in [0.25, 0.3) is 0 Å². The summed E-state index contributed by atoms with van der Waals surface area (Å²) >= 11 is 0. The second-order valence-electron chi connectivity index (χ2n) is 3.75. The Morgan fingerprint density at radius 1 is 1.27 bits per heavy atom. The average Bonchev–Trinajstić information content (AvgIpc) is 2.04. The number of sulfone groups is 1. The van der Waals surface area contributed by atoms with Crippen LogP contribution in [0.15, 0.2) is 24.3 Å². The number of aromatic hydroxyl groups is 1. The van der Waals surface area contributed by atoms with Crippen LogP contribution >= 0.6 is 0 Å². The van der Waals surface area contributed by atoms with Crippen LogP contribution in [-0.2, 0) is 15.6 Å². The van der Waals surface area contributed by atoms with Gasteiger partial charge in [-0.25, -0.2) is 8.42 Å². The highest BCUT2D eigenvalue weighted by molar-refractivity contribution is 7.91. The van der Waals surface area contributed by atoms with Gasteiger partial charge in [0.05, 0.1) is 11.0 Å². The minimum atomic E-state index is -3.03. The lowest BCUT2D eigenvalue weighted by atomic mass is 10.2. The van der Waals surface area contributed by atoms with Crippen LogP contribution in [0, 0.1) is 0 Å². The van der Waals surface area contributed by atoms with E-state index < -0.39 is 9.84 Å². The number of hydrogen-bond donors (Lipinski definition) is 2. The Bertz CT molecular complexity index is 434. The first-order valence-corrected chi connectivity index (χ1v) is 6.50. The minimum absolute atomic E-state index is 0.0552. The molecule has 1 aromatic rings. The molecule has 0 unspecified atom stereocenters. The molecule has 1 aliphatic heterocycles. The molecule has 4 nitrogen and oxygen atoms in total. The van der Waals surface area contributed by atoms with E-state index in [-0.39, 0.29) is 16.8 Å². The highest BCUT2D eigenvalue weighted by atomic mass is 32.2. The van der Waals surface area contributed by atoms with Crippen molar-refractivity contribution in [1.29, 1.82) is 0 Å². The first-order valence-electron chi connectivity index (χ1n) is 4.78. The lowest BCUT2D eigenvalue weighted by Crippen LogP contribution is -2.51. The molecule has 1 aliphatic rings. The topological polar surface area (TPSA) is 66.4 Å². The van der Waals surface area contributed by atoms with E-state index in [1.54, 1.807) is 12.1 Å². The maximum absolute atomic E-state index is 11.8. The lowest BCUT2D eigenvalue weighted by Gasteiger charge is -2.26. The van der Waals surface area contributed by atoms with E-state index in [4.69, 9.17) is 5.11 Å². The largest absolute Gasteiger partial charge is 0.508 e. The summed E-state index contributed by atoms with van der Waals surface area (Å²) in [6, 6.07) is 6.28. The zero-order valence-corrected chi connectivity index (χ0v) is 9.00. The Labute approximate surface area is 88.9 Å². The summed E-state index contributed by atoms with van der Waals surface area (Å²) in [5.74, 6) is 0.209. The van der Waals surface area contributed by atoms with Gasteiger partial charge in [-0.1, -0.05) is 12.1 Å². The van der Waals surface area contributed by atoms with Crippen molar-refractivity contribution in [2.24, 2.45) is 0 Å². The van der Waals surface area contributed by atoms with Crippen LogP contribution in [0.1, 0.15) is 5.56 Å². The van der Waals surface area contributed by atoms with Gasteiger partial charge < -0.3 is 10.4 Å². The fourth-order valence-electron chi connectivity index (χ4n) is 1.46. The summed E-state index contributed by atoms with van der Waals surface area (Å²) in [5.41, 5.74) is 0.722. The molecule has 1 aromatic carbocycles. The maximum Gasteiger partial charge on any atom is 0.159 e. The maximum atomic E-state index is 11.8. The summed E-state index contributed by atoms with van der Waals surface area (Å²) in [6.45, 7) is 1.11. The quantitative estimate of drug-likeness (QED) is 0.778. The molecule has 5 heteroatoms. The molecule has 0 aromatic heterocycles. The van der Waals surface area contributed by atoms with Crippen molar-refractivity contribution in [2.45, 2.75) is 11.0 Å². The van der Waals surface area contributed by atoms with Gasteiger partial charge in [0, 0.05) is 13.1 Å². The highest BCUT2D eigenvalue weighted by Crippen LogP contribution is 2.16. The lowest BCUT2D eigenvalue weighted by molar-refractivity contribution is 0.475. The van der Waals surface area contributed by atoms with Crippen LogP contribution in [-0.4, -0.2) is 31.9 Å². The molecule has 0 saturated carbocycles. The fraction of sp³-hybridized carbons (Fsp3) is 0.400. The first kappa shape index (κ1) is 10.4. The molecule has 0 spiro atoms. The Kier molecular flexibility index (Phi) is 2.67. The molecule has 0 amide bonds. The van der Waals surface area contributed by atoms with Gasteiger partial charge in [0.1, 0.15) is 5.75 Å². The minimum Gasteiger partial charge on any atom is -0.508 e. The number of rotatable bonds is 3. The average molecular weight is 227 g/mol. The van der Waals surface area contributed by atoms with E-state index >= 15 is 0 Å². The van der Waals surface area contributed by atoms with Gasteiger partial charge in [-0.2, -0.15) is 0 Å².